The van der Waals surface area contributed by atoms with E-state index in [9.17, 15) is 40.9 Å². The van der Waals surface area contributed by atoms with Gasteiger partial charge in [0.05, 0.1) is 42.4 Å². The molecule has 3 aliphatic rings. The highest BCUT2D eigenvalue weighted by molar-refractivity contribution is 5.15. The Labute approximate surface area is 166 Å². The van der Waals surface area contributed by atoms with Crippen LogP contribution in [-0.2, 0) is 18.9 Å². The molecule has 170 valence electrons. The van der Waals surface area contributed by atoms with Crippen LogP contribution in [0.5, 0.6) is 0 Å². The lowest BCUT2D eigenvalue weighted by atomic mass is 9.73. The van der Waals surface area contributed by atoms with Crippen LogP contribution in [0.2, 0.25) is 0 Å². The number of aliphatic hydroxyl groups is 8. The highest BCUT2D eigenvalue weighted by Crippen LogP contribution is 2.53. The SMILES string of the molecule is COC(O)C1COC(O[C@@H]2O[C@H](CO)[C@@H](O)[C@H](O)[C@H]2O)C2C1(O)C[C@H](O)[C@]2(C)O. The maximum atomic E-state index is 11.3. The molecule has 12 heteroatoms. The van der Waals surface area contributed by atoms with E-state index in [2.05, 4.69) is 0 Å². The average molecular weight is 426 g/mol. The van der Waals surface area contributed by atoms with Gasteiger partial charge in [0.1, 0.15) is 24.4 Å². The minimum Gasteiger partial charge on any atom is -0.394 e. The summed E-state index contributed by atoms with van der Waals surface area (Å²) in [5.41, 5.74) is -3.75. The van der Waals surface area contributed by atoms with Crippen molar-refractivity contribution in [1.29, 1.82) is 0 Å². The van der Waals surface area contributed by atoms with Crippen LogP contribution in [0.3, 0.4) is 0 Å². The van der Waals surface area contributed by atoms with E-state index < -0.39 is 79.0 Å². The van der Waals surface area contributed by atoms with Gasteiger partial charge in [0.25, 0.3) is 0 Å². The molecule has 12 nitrogen and oxygen atoms in total. The van der Waals surface area contributed by atoms with Crippen molar-refractivity contribution in [3.05, 3.63) is 0 Å². The Morgan fingerprint density at radius 2 is 1.72 bits per heavy atom. The van der Waals surface area contributed by atoms with Crippen molar-refractivity contribution in [3.63, 3.8) is 0 Å². The molecule has 0 amide bonds. The fraction of sp³-hybridized carbons (Fsp3) is 1.00. The Hall–Kier alpha value is -0.480. The molecule has 2 aliphatic heterocycles. The van der Waals surface area contributed by atoms with Gasteiger partial charge in [-0.05, 0) is 6.92 Å². The van der Waals surface area contributed by atoms with Crippen molar-refractivity contribution in [2.45, 2.75) is 73.9 Å². The van der Waals surface area contributed by atoms with Gasteiger partial charge in [-0.25, -0.2) is 0 Å². The Kier molecular flexibility index (Phi) is 6.57. The van der Waals surface area contributed by atoms with Crippen LogP contribution < -0.4 is 0 Å². The van der Waals surface area contributed by atoms with Gasteiger partial charge in [-0.2, -0.15) is 0 Å². The normalized spacial score (nSPS) is 54.2. The third kappa shape index (κ3) is 3.71. The lowest BCUT2D eigenvalue weighted by molar-refractivity contribution is -0.379. The number of fused-ring (bicyclic) bond motifs is 1. The molecule has 3 rings (SSSR count). The quantitative estimate of drug-likeness (QED) is 0.197. The molecule has 1 saturated carbocycles. The first-order valence-electron chi connectivity index (χ1n) is 9.40. The molecule has 12 atom stereocenters. The summed E-state index contributed by atoms with van der Waals surface area (Å²) in [6, 6.07) is 0. The van der Waals surface area contributed by atoms with E-state index in [0.29, 0.717) is 0 Å². The maximum Gasteiger partial charge on any atom is 0.189 e. The Morgan fingerprint density at radius 3 is 2.31 bits per heavy atom. The maximum absolute atomic E-state index is 11.3. The van der Waals surface area contributed by atoms with E-state index >= 15 is 0 Å². The second-order valence-electron chi connectivity index (χ2n) is 8.18. The fourth-order valence-corrected chi connectivity index (χ4v) is 4.61. The van der Waals surface area contributed by atoms with Gasteiger partial charge in [-0.3, -0.25) is 0 Å². The van der Waals surface area contributed by atoms with E-state index in [-0.39, 0.29) is 13.0 Å². The lowest BCUT2D eigenvalue weighted by Crippen LogP contribution is -2.65. The van der Waals surface area contributed by atoms with Crippen LogP contribution in [0.4, 0.5) is 0 Å². The second-order valence-corrected chi connectivity index (χ2v) is 8.18. The van der Waals surface area contributed by atoms with Crippen molar-refractivity contribution in [2.75, 3.05) is 20.3 Å². The van der Waals surface area contributed by atoms with Gasteiger partial charge < -0.3 is 59.8 Å². The lowest BCUT2D eigenvalue weighted by Gasteiger charge is -2.50. The van der Waals surface area contributed by atoms with E-state index in [1.54, 1.807) is 0 Å². The summed E-state index contributed by atoms with van der Waals surface area (Å²) in [4.78, 5) is 0. The van der Waals surface area contributed by atoms with Crippen LogP contribution in [-0.4, -0.2) is 122 Å². The molecule has 2 saturated heterocycles. The zero-order chi connectivity index (χ0) is 21.7. The number of rotatable bonds is 5. The number of aliphatic hydroxyl groups excluding tert-OH is 6. The van der Waals surface area contributed by atoms with E-state index in [0.717, 1.165) is 0 Å². The first kappa shape index (κ1) is 23.2. The largest absolute Gasteiger partial charge is 0.394 e. The summed E-state index contributed by atoms with van der Waals surface area (Å²) in [5, 5.41) is 81.8. The monoisotopic (exact) mass is 426 g/mol. The van der Waals surface area contributed by atoms with Gasteiger partial charge >= 0.3 is 0 Å². The van der Waals surface area contributed by atoms with Crippen LogP contribution in [0.15, 0.2) is 0 Å². The minimum atomic E-state index is -1.90. The average Bonchev–Trinajstić information content (AvgIpc) is 2.86. The smallest absolute Gasteiger partial charge is 0.189 e. The van der Waals surface area contributed by atoms with E-state index in [4.69, 9.17) is 18.9 Å². The predicted octanol–water partition coefficient (Wildman–Crippen LogP) is -4.40. The number of methoxy groups -OCH3 is 1. The molecule has 0 bridgehead atoms. The third-order valence-corrected chi connectivity index (χ3v) is 6.42. The van der Waals surface area contributed by atoms with Gasteiger partial charge in [-0.15, -0.1) is 0 Å². The zero-order valence-electron chi connectivity index (χ0n) is 16.1. The summed E-state index contributed by atoms with van der Waals surface area (Å²) in [5.74, 6) is -2.31. The van der Waals surface area contributed by atoms with Crippen LogP contribution in [0.25, 0.3) is 0 Å². The Bertz CT molecular complexity index is 573. The van der Waals surface area contributed by atoms with Crippen LogP contribution in [0, 0.1) is 11.8 Å². The van der Waals surface area contributed by atoms with Crippen molar-refractivity contribution in [2.24, 2.45) is 11.8 Å². The van der Waals surface area contributed by atoms with Crippen molar-refractivity contribution in [3.8, 4) is 0 Å². The first-order chi connectivity index (χ1) is 13.5. The number of hydrogen-bond donors (Lipinski definition) is 8. The molecule has 5 unspecified atom stereocenters. The highest BCUT2D eigenvalue weighted by Gasteiger charge is 2.68. The second kappa shape index (κ2) is 8.22. The number of hydrogen-bond acceptors (Lipinski definition) is 12. The Morgan fingerprint density at radius 1 is 1.07 bits per heavy atom. The Balaban J connectivity index is 1.86. The summed E-state index contributed by atoms with van der Waals surface area (Å²) in [6.07, 6.45) is -12.3. The first-order valence-corrected chi connectivity index (χ1v) is 9.40. The molecule has 0 aromatic rings. The molecule has 1 aliphatic carbocycles. The molecule has 0 aromatic heterocycles. The van der Waals surface area contributed by atoms with Gasteiger partial charge in [-0.1, -0.05) is 0 Å². The molecular formula is C17H30O12. The van der Waals surface area contributed by atoms with E-state index in [1.807, 2.05) is 0 Å². The zero-order valence-corrected chi connectivity index (χ0v) is 16.1. The standard InChI is InChI=1S/C17H30O12/c1-16(24)8(19)3-17(25)6(13(23)26-2)5-27-15(12(16)17)29-14-11(22)10(21)9(20)7(4-18)28-14/h6-15,18-25H,3-5H2,1-2H3/t6?,7-,8+,9-,10+,11-,12?,13?,14+,15?,16+,17?/m1/s1. The van der Waals surface area contributed by atoms with Crippen LogP contribution >= 0.6 is 0 Å². The van der Waals surface area contributed by atoms with Crippen LogP contribution in [0.1, 0.15) is 13.3 Å². The highest BCUT2D eigenvalue weighted by atomic mass is 16.8. The fourth-order valence-electron chi connectivity index (χ4n) is 4.61. The third-order valence-electron chi connectivity index (χ3n) is 6.42. The minimum absolute atomic E-state index is 0.271. The predicted molar refractivity (Wildman–Crippen MR) is 90.8 cm³/mol. The molecule has 0 aromatic carbocycles. The molecule has 0 spiro atoms. The molecule has 8 N–H and O–H groups in total. The molecule has 2 heterocycles. The molecule has 0 radical (unpaired) electrons. The van der Waals surface area contributed by atoms with Crippen molar-refractivity contribution in [1.82, 2.24) is 0 Å². The molecule has 3 fully saturated rings. The van der Waals surface area contributed by atoms with Gasteiger partial charge in [0.15, 0.2) is 18.9 Å². The number of ether oxygens (including phenoxy) is 4. The van der Waals surface area contributed by atoms with Crippen molar-refractivity contribution >= 4 is 0 Å². The van der Waals surface area contributed by atoms with E-state index in [1.165, 1.54) is 14.0 Å². The summed E-state index contributed by atoms with van der Waals surface area (Å²) < 4.78 is 21.3. The van der Waals surface area contributed by atoms with Crippen molar-refractivity contribution < 1.29 is 59.8 Å². The molecule has 29 heavy (non-hydrogen) atoms. The van der Waals surface area contributed by atoms with Gasteiger partial charge in [0, 0.05) is 13.5 Å². The summed E-state index contributed by atoms with van der Waals surface area (Å²) in [7, 11) is 1.23. The summed E-state index contributed by atoms with van der Waals surface area (Å²) in [6.45, 7) is 0.337. The molecular weight excluding hydrogens is 396 g/mol. The van der Waals surface area contributed by atoms with Gasteiger partial charge in [0.2, 0.25) is 0 Å². The topological polar surface area (TPSA) is 199 Å². The summed E-state index contributed by atoms with van der Waals surface area (Å²) >= 11 is 0.